The highest BCUT2D eigenvalue weighted by Gasteiger charge is 2.46. The molecule has 2 atom stereocenters. The largest absolute Gasteiger partial charge is 0.488 e. The average Bonchev–Trinajstić information content (AvgIpc) is 2.94. The normalized spacial score (nSPS) is 24.3. The molecule has 2 aliphatic heterocycles. The Hall–Kier alpha value is -1.92. The Labute approximate surface area is 146 Å². The van der Waals surface area contributed by atoms with Crippen molar-refractivity contribution in [1.82, 2.24) is 5.32 Å². The SMILES string of the molecule is CC1(C)NCCC2c3ccc(S(=O)(=O)c4cccc(F)c4)cc3OC21. The predicted molar refractivity (Wildman–Crippen MR) is 92.1 cm³/mol. The molecule has 0 spiro atoms. The van der Waals surface area contributed by atoms with Gasteiger partial charge < -0.3 is 10.1 Å². The van der Waals surface area contributed by atoms with Crippen LogP contribution in [-0.4, -0.2) is 26.6 Å². The molecule has 2 aromatic carbocycles. The van der Waals surface area contributed by atoms with Crippen LogP contribution in [-0.2, 0) is 9.84 Å². The van der Waals surface area contributed by atoms with Crippen molar-refractivity contribution in [1.29, 1.82) is 0 Å². The number of ether oxygens (including phenoxy) is 1. The first-order chi connectivity index (χ1) is 11.8. The van der Waals surface area contributed by atoms with Crippen LogP contribution in [0, 0.1) is 5.82 Å². The summed E-state index contributed by atoms with van der Waals surface area (Å²) in [4.78, 5) is 0.0751. The zero-order valence-corrected chi connectivity index (χ0v) is 14.9. The lowest BCUT2D eigenvalue weighted by Crippen LogP contribution is -2.57. The van der Waals surface area contributed by atoms with E-state index in [-0.39, 0.29) is 27.4 Å². The number of halogens is 1. The van der Waals surface area contributed by atoms with Gasteiger partial charge in [0.2, 0.25) is 9.84 Å². The van der Waals surface area contributed by atoms with E-state index in [2.05, 4.69) is 19.2 Å². The minimum atomic E-state index is -3.78. The molecular formula is C19H20FNO3S. The highest BCUT2D eigenvalue weighted by Crippen LogP contribution is 2.46. The third kappa shape index (κ3) is 2.64. The van der Waals surface area contributed by atoms with Crippen molar-refractivity contribution < 1.29 is 17.5 Å². The molecule has 2 aliphatic rings. The number of sulfone groups is 1. The molecule has 0 saturated carbocycles. The van der Waals surface area contributed by atoms with E-state index in [9.17, 15) is 12.8 Å². The number of hydrogen-bond donors (Lipinski definition) is 1. The lowest BCUT2D eigenvalue weighted by molar-refractivity contribution is 0.0774. The lowest BCUT2D eigenvalue weighted by Gasteiger charge is -2.40. The number of hydrogen-bond acceptors (Lipinski definition) is 4. The molecule has 4 nitrogen and oxygen atoms in total. The fraction of sp³-hybridized carbons (Fsp3) is 0.368. The second kappa shape index (κ2) is 5.54. The molecule has 2 unspecified atom stereocenters. The molecule has 6 heteroatoms. The molecule has 25 heavy (non-hydrogen) atoms. The quantitative estimate of drug-likeness (QED) is 0.892. The molecule has 0 radical (unpaired) electrons. The first kappa shape index (κ1) is 16.5. The minimum absolute atomic E-state index is 0.0247. The van der Waals surface area contributed by atoms with E-state index < -0.39 is 15.7 Å². The summed E-state index contributed by atoms with van der Waals surface area (Å²) in [5.41, 5.74) is 0.876. The van der Waals surface area contributed by atoms with E-state index in [0.717, 1.165) is 24.6 Å². The summed E-state index contributed by atoms with van der Waals surface area (Å²) in [7, 11) is -3.78. The lowest BCUT2D eigenvalue weighted by atomic mass is 9.79. The van der Waals surface area contributed by atoms with Crippen LogP contribution in [0.3, 0.4) is 0 Å². The molecule has 0 aliphatic carbocycles. The van der Waals surface area contributed by atoms with Crippen molar-refractivity contribution >= 4 is 9.84 Å². The molecule has 4 rings (SSSR count). The van der Waals surface area contributed by atoms with Gasteiger partial charge in [-0.25, -0.2) is 12.8 Å². The van der Waals surface area contributed by atoms with Gasteiger partial charge >= 0.3 is 0 Å². The fourth-order valence-electron chi connectivity index (χ4n) is 3.85. The molecule has 1 saturated heterocycles. The van der Waals surface area contributed by atoms with Gasteiger partial charge in [-0.2, -0.15) is 0 Å². The molecule has 2 heterocycles. The van der Waals surface area contributed by atoms with Gasteiger partial charge in [-0.05, 0) is 57.1 Å². The predicted octanol–water partition coefficient (Wildman–Crippen LogP) is 3.28. The van der Waals surface area contributed by atoms with Crippen molar-refractivity contribution in [3.63, 3.8) is 0 Å². The topological polar surface area (TPSA) is 55.4 Å². The van der Waals surface area contributed by atoms with Gasteiger partial charge in [0.1, 0.15) is 17.7 Å². The second-order valence-electron chi connectivity index (χ2n) is 7.24. The molecule has 1 fully saturated rings. The number of rotatable bonds is 2. The van der Waals surface area contributed by atoms with E-state index >= 15 is 0 Å². The van der Waals surface area contributed by atoms with Gasteiger partial charge in [0, 0.05) is 11.5 Å². The maximum absolute atomic E-state index is 13.4. The molecule has 0 amide bonds. The maximum Gasteiger partial charge on any atom is 0.206 e. The van der Waals surface area contributed by atoms with Gasteiger partial charge in [0.15, 0.2) is 0 Å². The summed E-state index contributed by atoms with van der Waals surface area (Å²) in [6.45, 7) is 5.10. The third-order valence-electron chi connectivity index (χ3n) is 5.17. The van der Waals surface area contributed by atoms with Crippen molar-refractivity contribution in [3.05, 3.63) is 53.8 Å². The van der Waals surface area contributed by atoms with Gasteiger partial charge in [-0.1, -0.05) is 12.1 Å². The van der Waals surface area contributed by atoms with Crippen LogP contribution in [0.15, 0.2) is 52.3 Å². The summed E-state index contributed by atoms with van der Waals surface area (Å²) in [5.74, 6) is 0.304. The number of piperidine rings is 1. The van der Waals surface area contributed by atoms with Crippen LogP contribution in [0.5, 0.6) is 5.75 Å². The van der Waals surface area contributed by atoms with Crippen molar-refractivity contribution in [2.45, 2.75) is 47.6 Å². The van der Waals surface area contributed by atoms with Gasteiger partial charge in [0.25, 0.3) is 0 Å². The Morgan fingerprint density at radius 3 is 2.68 bits per heavy atom. The van der Waals surface area contributed by atoms with Gasteiger partial charge in [0.05, 0.1) is 15.3 Å². The van der Waals surface area contributed by atoms with Crippen molar-refractivity contribution in [3.8, 4) is 5.75 Å². The smallest absolute Gasteiger partial charge is 0.206 e. The van der Waals surface area contributed by atoms with Gasteiger partial charge in [-0.15, -0.1) is 0 Å². The zero-order chi connectivity index (χ0) is 17.8. The Morgan fingerprint density at radius 2 is 1.92 bits per heavy atom. The minimum Gasteiger partial charge on any atom is -0.488 e. The number of fused-ring (bicyclic) bond motifs is 3. The molecule has 0 bridgehead atoms. The van der Waals surface area contributed by atoms with E-state index in [1.54, 1.807) is 12.1 Å². The van der Waals surface area contributed by atoms with Crippen LogP contribution < -0.4 is 10.1 Å². The summed E-state index contributed by atoms with van der Waals surface area (Å²) in [5, 5.41) is 3.46. The summed E-state index contributed by atoms with van der Waals surface area (Å²) in [6.07, 6.45) is 0.931. The molecular weight excluding hydrogens is 341 g/mol. The fourth-order valence-corrected chi connectivity index (χ4v) is 5.16. The van der Waals surface area contributed by atoms with Crippen LogP contribution in [0.1, 0.15) is 31.7 Å². The van der Waals surface area contributed by atoms with E-state index in [0.29, 0.717) is 5.75 Å². The summed E-state index contributed by atoms with van der Waals surface area (Å²) < 4.78 is 45.1. The molecule has 1 N–H and O–H groups in total. The van der Waals surface area contributed by atoms with Crippen LogP contribution >= 0.6 is 0 Å². The molecule has 2 aromatic rings. The van der Waals surface area contributed by atoms with Gasteiger partial charge in [-0.3, -0.25) is 0 Å². The summed E-state index contributed by atoms with van der Waals surface area (Å²) in [6, 6.07) is 10.1. The Morgan fingerprint density at radius 1 is 1.16 bits per heavy atom. The first-order valence-corrected chi connectivity index (χ1v) is 9.84. The van der Waals surface area contributed by atoms with Crippen LogP contribution in [0.2, 0.25) is 0 Å². The van der Waals surface area contributed by atoms with Crippen LogP contribution in [0.25, 0.3) is 0 Å². The van der Waals surface area contributed by atoms with Crippen LogP contribution in [0.4, 0.5) is 4.39 Å². The summed E-state index contributed by atoms with van der Waals surface area (Å²) >= 11 is 0. The highest BCUT2D eigenvalue weighted by atomic mass is 32.2. The highest BCUT2D eigenvalue weighted by molar-refractivity contribution is 7.91. The van der Waals surface area contributed by atoms with E-state index in [4.69, 9.17) is 4.74 Å². The number of nitrogens with one attached hydrogen (secondary N) is 1. The third-order valence-corrected chi connectivity index (χ3v) is 6.92. The number of benzene rings is 2. The Bertz CT molecular complexity index is 939. The zero-order valence-electron chi connectivity index (χ0n) is 14.1. The van der Waals surface area contributed by atoms with E-state index in [1.165, 1.54) is 18.2 Å². The Kier molecular flexibility index (Phi) is 3.67. The monoisotopic (exact) mass is 361 g/mol. The maximum atomic E-state index is 13.4. The van der Waals surface area contributed by atoms with E-state index in [1.807, 2.05) is 6.07 Å². The Balaban J connectivity index is 1.74. The molecule has 0 aromatic heterocycles. The van der Waals surface area contributed by atoms with Crippen molar-refractivity contribution in [2.75, 3.05) is 6.54 Å². The first-order valence-electron chi connectivity index (χ1n) is 8.35. The molecule has 132 valence electrons. The van der Waals surface area contributed by atoms with Crippen molar-refractivity contribution in [2.24, 2.45) is 0 Å². The standard InChI is InChI=1S/C19H20FNO3S/c1-19(2)18-16(8-9-21-19)15-7-6-14(11-17(15)24-18)25(22,23)13-5-3-4-12(20)10-13/h3-7,10-11,16,18,21H,8-9H2,1-2H3. The average molecular weight is 361 g/mol. The second-order valence-corrected chi connectivity index (χ2v) is 9.19.